The van der Waals surface area contributed by atoms with Gasteiger partial charge in [-0.05, 0) is 12.1 Å². The minimum atomic E-state index is -0.231. The molecule has 0 aliphatic heterocycles. The molecule has 0 N–H and O–H groups in total. The van der Waals surface area contributed by atoms with E-state index in [2.05, 4.69) is 0 Å². The van der Waals surface area contributed by atoms with E-state index < -0.39 is 0 Å². The Morgan fingerprint density at radius 2 is 2.00 bits per heavy atom. The number of ether oxygens (including phenoxy) is 1. The number of fused-ring (bicyclic) bond motifs is 1. The van der Waals surface area contributed by atoms with E-state index in [-0.39, 0.29) is 11.0 Å². The van der Waals surface area contributed by atoms with Gasteiger partial charge in [0.05, 0.1) is 12.6 Å². The maximum Gasteiger partial charge on any atom is 0.247 e. The number of aromatic nitrogens is 1. The second kappa shape index (κ2) is 3.46. The number of methoxy groups -OCH3 is 1. The fourth-order valence-electron chi connectivity index (χ4n) is 1.71. The van der Waals surface area contributed by atoms with Gasteiger partial charge in [-0.3, -0.25) is 4.79 Å². The van der Waals surface area contributed by atoms with E-state index in [1.807, 2.05) is 24.3 Å². The van der Waals surface area contributed by atoms with Crippen LogP contribution in [0.1, 0.15) is 0 Å². The number of pyridine rings is 1. The molecule has 1 aromatic carbocycles. The third-order valence-electron chi connectivity index (χ3n) is 2.49. The number of hydrogen-bond acceptors (Lipinski definition) is 2. The molecule has 3 nitrogen and oxygen atoms in total. The fourth-order valence-corrected chi connectivity index (χ4v) is 1.71. The summed E-state index contributed by atoms with van der Waals surface area (Å²) in [6, 6.07) is 7.49. The maximum atomic E-state index is 11.7. The average molecular weight is 199 g/mol. The number of hydrogen-bond donors (Lipinski definition) is 0. The molecule has 1 aromatic heterocycles. The van der Waals surface area contributed by atoms with Crippen molar-refractivity contribution < 1.29 is 4.74 Å². The van der Waals surface area contributed by atoms with E-state index in [4.69, 9.17) is 12.6 Å². The normalized spacial score (nSPS) is 10.5. The Labute approximate surface area is 88.7 Å². The molecule has 4 heteroatoms. The van der Waals surface area contributed by atoms with Gasteiger partial charge in [0.1, 0.15) is 13.6 Å². The molecular weight excluding hydrogens is 189 g/mol. The third kappa shape index (κ3) is 1.33. The summed E-state index contributed by atoms with van der Waals surface area (Å²) < 4.78 is 6.68. The number of rotatable bonds is 1. The summed E-state index contributed by atoms with van der Waals surface area (Å²) in [5, 5.41) is 0.847. The maximum absolute atomic E-state index is 11.7. The van der Waals surface area contributed by atoms with E-state index in [1.165, 1.54) is 11.7 Å². The first kappa shape index (κ1) is 9.83. The summed E-state index contributed by atoms with van der Waals surface area (Å²) in [6.45, 7) is 0. The largest absolute Gasteiger partial charge is 0.496 e. The minimum absolute atomic E-state index is 0.152. The van der Waals surface area contributed by atoms with Crippen LogP contribution in [-0.4, -0.2) is 19.5 Å². The summed E-state index contributed by atoms with van der Waals surface area (Å²) in [6.07, 6.45) is 0. The lowest BCUT2D eigenvalue weighted by Crippen LogP contribution is -2.34. The van der Waals surface area contributed by atoms with Crippen LogP contribution >= 0.6 is 0 Å². The van der Waals surface area contributed by atoms with Gasteiger partial charge >= 0.3 is 0 Å². The molecule has 15 heavy (non-hydrogen) atoms. The van der Waals surface area contributed by atoms with Crippen LogP contribution in [0.15, 0.2) is 29.1 Å². The van der Waals surface area contributed by atoms with Gasteiger partial charge in [0.2, 0.25) is 5.56 Å². The molecule has 0 atom stereocenters. The lowest BCUT2D eigenvalue weighted by atomic mass is 9.94. The molecule has 2 aromatic rings. The lowest BCUT2D eigenvalue weighted by molar-refractivity contribution is 0.422. The van der Waals surface area contributed by atoms with Crippen molar-refractivity contribution in [2.45, 2.75) is 0 Å². The highest BCUT2D eigenvalue weighted by Gasteiger charge is 2.10. The summed E-state index contributed by atoms with van der Waals surface area (Å²) in [5.41, 5.74) is 0.734. The zero-order chi connectivity index (χ0) is 11.0. The molecule has 0 bridgehead atoms. The predicted molar refractivity (Wildman–Crippen MR) is 61.1 cm³/mol. The summed E-state index contributed by atoms with van der Waals surface area (Å²) >= 11 is 0. The smallest absolute Gasteiger partial charge is 0.247 e. The third-order valence-corrected chi connectivity index (χ3v) is 2.49. The Balaban J connectivity index is 3.05. The van der Waals surface area contributed by atoms with Crippen LogP contribution in [0.3, 0.4) is 0 Å². The second-order valence-corrected chi connectivity index (χ2v) is 3.33. The molecule has 0 saturated heterocycles. The van der Waals surface area contributed by atoms with E-state index in [9.17, 15) is 4.79 Å². The average Bonchev–Trinajstić information content (AvgIpc) is 2.27. The number of nitrogens with zero attached hydrogens (tertiary/aromatic N) is 1. The second-order valence-electron chi connectivity index (χ2n) is 3.33. The number of benzene rings is 1. The highest BCUT2D eigenvalue weighted by atomic mass is 16.5. The lowest BCUT2D eigenvalue weighted by Gasteiger charge is -2.12. The van der Waals surface area contributed by atoms with E-state index in [0.29, 0.717) is 5.75 Å². The van der Waals surface area contributed by atoms with Gasteiger partial charge in [-0.2, -0.15) is 0 Å². The van der Waals surface area contributed by atoms with Crippen LogP contribution in [0.2, 0.25) is 0 Å². The van der Waals surface area contributed by atoms with Crippen molar-refractivity contribution in [3.05, 3.63) is 34.6 Å². The quantitative estimate of drug-likeness (QED) is 0.620. The van der Waals surface area contributed by atoms with Crippen molar-refractivity contribution in [1.29, 1.82) is 0 Å². The molecule has 0 unspecified atom stereocenters. The summed E-state index contributed by atoms with van der Waals surface area (Å²) in [7, 11) is 8.91. The van der Waals surface area contributed by atoms with Gasteiger partial charge in [0.25, 0.3) is 0 Å². The van der Waals surface area contributed by atoms with E-state index in [1.54, 1.807) is 7.05 Å². The van der Waals surface area contributed by atoms with Gasteiger partial charge in [-0.15, -0.1) is 0 Å². The first-order valence-electron chi connectivity index (χ1n) is 4.58. The Kier molecular flexibility index (Phi) is 2.27. The van der Waals surface area contributed by atoms with Crippen LogP contribution in [0.25, 0.3) is 10.9 Å². The van der Waals surface area contributed by atoms with Gasteiger partial charge < -0.3 is 9.30 Å². The first-order valence-corrected chi connectivity index (χ1v) is 4.58. The van der Waals surface area contributed by atoms with Gasteiger partial charge in [0.15, 0.2) is 0 Å². The molecule has 0 amide bonds. The van der Waals surface area contributed by atoms with Crippen LogP contribution in [0.4, 0.5) is 0 Å². The Hall–Kier alpha value is -1.71. The van der Waals surface area contributed by atoms with Gasteiger partial charge in [-0.25, -0.2) is 0 Å². The molecule has 0 aliphatic carbocycles. The van der Waals surface area contributed by atoms with E-state index >= 15 is 0 Å². The molecule has 2 radical (unpaired) electrons. The Bertz CT molecular complexity index is 575. The number of aryl methyl sites for hydroxylation is 1. The van der Waals surface area contributed by atoms with Gasteiger partial charge in [0, 0.05) is 17.9 Å². The molecule has 1 heterocycles. The van der Waals surface area contributed by atoms with E-state index in [0.717, 1.165) is 10.9 Å². The highest BCUT2D eigenvalue weighted by Crippen LogP contribution is 2.20. The predicted octanol–water partition coefficient (Wildman–Crippen LogP) is 0.341. The Morgan fingerprint density at radius 1 is 1.33 bits per heavy atom. The van der Waals surface area contributed by atoms with Crippen molar-refractivity contribution >= 4 is 24.2 Å². The van der Waals surface area contributed by atoms with Crippen molar-refractivity contribution in [3.8, 4) is 5.75 Å². The molecule has 0 fully saturated rings. The fraction of sp³-hybridized carbons (Fsp3) is 0.182. The monoisotopic (exact) mass is 199 g/mol. The summed E-state index contributed by atoms with van der Waals surface area (Å²) in [5.74, 6) is 0.453. The zero-order valence-electron chi connectivity index (χ0n) is 8.65. The molecule has 0 aliphatic rings. The molecule has 0 saturated carbocycles. The minimum Gasteiger partial charge on any atom is -0.496 e. The van der Waals surface area contributed by atoms with Crippen LogP contribution < -0.4 is 15.8 Å². The van der Waals surface area contributed by atoms with Crippen LogP contribution in [-0.2, 0) is 7.05 Å². The van der Waals surface area contributed by atoms with Crippen LogP contribution in [0, 0.1) is 0 Å². The first-order chi connectivity index (χ1) is 7.16. The van der Waals surface area contributed by atoms with Crippen molar-refractivity contribution in [2.24, 2.45) is 7.05 Å². The standard InChI is InChI=1S/C11H10BNO2/c1-13-8-6-4-3-5-7(8)10(15-2)9(12)11(13)14/h3-6H,1-2H3. The van der Waals surface area contributed by atoms with Crippen molar-refractivity contribution in [1.82, 2.24) is 4.57 Å². The molecule has 74 valence electrons. The molecular formula is C11H10BNO2. The Morgan fingerprint density at radius 3 is 2.67 bits per heavy atom. The molecule has 2 rings (SSSR count). The summed E-state index contributed by atoms with van der Waals surface area (Å²) in [4.78, 5) is 11.7. The van der Waals surface area contributed by atoms with Gasteiger partial charge in [-0.1, -0.05) is 12.1 Å². The number of para-hydroxylation sites is 1. The topological polar surface area (TPSA) is 31.2 Å². The van der Waals surface area contributed by atoms with Crippen LogP contribution in [0.5, 0.6) is 5.75 Å². The van der Waals surface area contributed by atoms with Crippen molar-refractivity contribution in [3.63, 3.8) is 0 Å². The highest BCUT2D eigenvalue weighted by molar-refractivity contribution is 6.35. The molecule has 0 spiro atoms. The van der Waals surface area contributed by atoms with Crippen molar-refractivity contribution in [2.75, 3.05) is 7.11 Å². The zero-order valence-corrected chi connectivity index (χ0v) is 8.65. The SMILES string of the molecule is [B]c1c(OC)c2ccccc2n(C)c1=O.